The Balaban J connectivity index is 2.66. The zero-order chi connectivity index (χ0) is 13.8. The minimum atomic E-state index is -1.13. The van der Waals surface area contributed by atoms with E-state index in [1.54, 1.807) is 18.7 Å². The second kappa shape index (κ2) is 6.07. The van der Waals surface area contributed by atoms with Crippen LogP contribution in [0.3, 0.4) is 0 Å². The smallest absolute Gasteiger partial charge is 0.329 e. The Hall–Kier alpha value is -1.26. The first-order chi connectivity index (χ1) is 8.49. The maximum Gasteiger partial charge on any atom is 0.329 e. The van der Waals surface area contributed by atoms with Gasteiger partial charge in [-0.3, -0.25) is 0 Å². The quantitative estimate of drug-likeness (QED) is 0.732. The van der Waals surface area contributed by atoms with Gasteiger partial charge < -0.3 is 15.3 Å². The fourth-order valence-corrected chi connectivity index (χ4v) is 2.03. The number of hydrogen-bond donors (Lipinski definition) is 2. The number of amides is 2. The predicted octanol–water partition coefficient (Wildman–Crippen LogP) is 2.07. The molecule has 1 aliphatic rings. The third-order valence-corrected chi connectivity index (χ3v) is 3.81. The van der Waals surface area contributed by atoms with Gasteiger partial charge in [-0.2, -0.15) is 0 Å². The first-order valence-corrected chi connectivity index (χ1v) is 6.79. The van der Waals surface area contributed by atoms with Crippen LogP contribution in [0.4, 0.5) is 4.79 Å². The highest BCUT2D eigenvalue weighted by molar-refractivity contribution is 5.86. The Kier molecular flexibility index (Phi) is 4.99. The number of carbonyl (C=O) groups excluding carboxylic acids is 1. The largest absolute Gasteiger partial charge is 0.480 e. The fourth-order valence-electron chi connectivity index (χ4n) is 2.03. The number of hydrogen-bond acceptors (Lipinski definition) is 2. The molecule has 1 saturated carbocycles. The van der Waals surface area contributed by atoms with E-state index >= 15 is 0 Å². The maximum absolute atomic E-state index is 12.1. The van der Waals surface area contributed by atoms with Crippen molar-refractivity contribution in [2.75, 3.05) is 13.1 Å². The van der Waals surface area contributed by atoms with Crippen LogP contribution in [0.5, 0.6) is 0 Å². The monoisotopic (exact) mass is 256 g/mol. The van der Waals surface area contributed by atoms with E-state index in [-0.39, 0.29) is 6.03 Å². The van der Waals surface area contributed by atoms with Crippen LogP contribution in [0.1, 0.15) is 46.5 Å². The van der Waals surface area contributed by atoms with Gasteiger partial charge in [0.2, 0.25) is 0 Å². The van der Waals surface area contributed by atoms with Crippen molar-refractivity contribution in [1.82, 2.24) is 10.2 Å². The van der Waals surface area contributed by atoms with Crippen molar-refractivity contribution >= 4 is 12.0 Å². The molecule has 1 rings (SSSR count). The molecule has 0 heterocycles. The van der Waals surface area contributed by atoms with Crippen LogP contribution < -0.4 is 5.32 Å². The molecule has 5 heteroatoms. The first kappa shape index (κ1) is 14.8. The average Bonchev–Trinajstić information content (AvgIpc) is 3.16. The summed E-state index contributed by atoms with van der Waals surface area (Å²) in [5, 5.41) is 12.0. The van der Waals surface area contributed by atoms with Crippen LogP contribution in [0.2, 0.25) is 0 Å². The summed E-state index contributed by atoms with van der Waals surface area (Å²) in [5.74, 6) is -0.346. The lowest BCUT2D eigenvalue weighted by Gasteiger charge is -2.31. The Morgan fingerprint density at radius 2 is 1.83 bits per heavy atom. The summed E-state index contributed by atoms with van der Waals surface area (Å²) in [6.45, 7) is 6.85. The molecule has 5 nitrogen and oxygen atoms in total. The van der Waals surface area contributed by atoms with Gasteiger partial charge in [0.15, 0.2) is 0 Å². The van der Waals surface area contributed by atoms with E-state index in [1.807, 2.05) is 6.92 Å². The Morgan fingerprint density at radius 1 is 1.28 bits per heavy atom. The predicted molar refractivity (Wildman–Crippen MR) is 69.5 cm³/mol. The SMILES string of the molecule is CCN(CC1CC1)C(=O)NC(CC)(CC)C(=O)O. The molecule has 0 atom stereocenters. The van der Waals surface area contributed by atoms with Crippen molar-refractivity contribution in [3.63, 3.8) is 0 Å². The van der Waals surface area contributed by atoms with Gasteiger partial charge in [-0.15, -0.1) is 0 Å². The molecule has 1 aliphatic carbocycles. The molecule has 18 heavy (non-hydrogen) atoms. The molecule has 0 bridgehead atoms. The molecule has 2 N–H and O–H groups in total. The number of rotatable bonds is 7. The number of nitrogens with one attached hydrogen (secondary N) is 1. The Labute approximate surface area is 109 Å². The van der Waals surface area contributed by atoms with E-state index in [2.05, 4.69) is 5.32 Å². The summed E-state index contributed by atoms with van der Waals surface area (Å²) in [6, 6.07) is -0.254. The van der Waals surface area contributed by atoms with Crippen molar-refractivity contribution in [2.24, 2.45) is 5.92 Å². The summed E-state index contributed by atoms with van der Waals surface area (Å²) < 4.78 is 0. The standard InChI is InChI=1S/C13H24N2O3/c1-4-13(5-2,11(16)17)14-12(18)15(6-3)9-10-7-8-10/h10H,4-9H2,1-3H3,(H,14,18)(H,16,17). The number of carboxylic acids is 1. The lowest BCUT2D eigenvalue weighted by molar-refractivity contribution is -0.144. The summed E-state index contributed by atoms with van der Waals surface area (Å²) >= 11 is 0. The number of carbonyl (C=O) groups is 2. The van der Waals surface area contributed by atoms with E-state index in [4.69, 9.17) is 0 Å². The van der Waals surface area contributed by atoms with E-state index in [9.17, 15) is 14.7 Å². The van der Waals surface area contributed by atoms with Gasteiger partial charge >= 0.3 is 12.0 Å². The second-order valence-electron chi connectivity index (χ2n) is 5.01. The number of nitrogens with zero attached hydrogens (tertiary/aromatic N) is 1. The van der Waals surface area contributed by atoms with Crippen LogP contribution in [0.25, 0.3) is 0 Å². The molecule has 2 amide bonds. The molecule has 0 spiro atoms. The van der Waals surface area contributed by atoms with Gasteiger partial charge in [0, 0.05) is 13.1 Å². The van der Waals surface area contributed by atoms with Crippen LogP contribution in [-0.4, -0.2) is 40.6 Å². The molecule has 0 aromatic heterocycles. The van der Waals surface area contributed by atoms with E-state index < -0.39 is 11.5 Å². The number of urea groups is 1. The molecule has 0 radical (unpaired) electrons. The molecule has 0 unspecified atom stereocenters. The van der Waals surface area contributed by atoms with Crippen molar-refractivity contribution in [3.05, 3.63) is 0 Å². The second-order valence-corrected chi connectivity index (χ2v) is 5.01. The molecular weight excluding hydrogens is 232 g/mol. The molecule has 104 valence electrons. The Morgan fingerprint density at radius 3 is 2.17 bits per heavy atom. The highest BCUT2D eigenvalue weighted by Gasteiger charge is 2.38. The normalized spacial score (nSPS) is 15.3. The maximum atomic E-state index is 12.1. The van der Waals surface area contributed by atoms with E-state index in [0.29, 0.717) is 25.3 Å². The molecule has 0 aromatic carbocycles. The fraction of sp³-hybridized carbons (Fsp3) is 0.846. The summed E-state index contributed by atoms with van der Waals surface area (Å²) in [6.07, 6.45) is 3.14. The van der Waals surface area contributed by atoms with E-state index in [1.165, 1.54) is 12.8 Å². The van der Waals surface area contributed by atoms with Gasteiger partial charge in [0.05, 0.1) is 0 Å². The first-order valence-electron chi connectivity index (χ1n) is 6.79. The summed E-state index contributed by atoms with van der Waals surface area (Å²) in [4.78, 5) is 25.2. The zero-order valence-corrected chi connectivity index (χ0v) is 11.5. The molecule has 0 aromatic rings. The van der Waals surface area contributed by atoms with Crippen LogP contribution >= 0.6 is 0 Å². The van der Waals surface area contributed by atoms with Gasteiger partial charge in [0.1, 0.15) is 5.54 Å². The zero-order valence-electron chi connectivity index (χ0n) is 11.5. The lowest BCUT2D eigenvalue weighted by atomic mass is 9.93. The molecular formula is C13H24N2O3. The van der Waals surface area contributed by atoms with Crippen molar-refractivity contribution in [1.29, 1.82) is 0 Å². The molecule has 1 fully saturated rings. The Bertz CT molecular complexity index is 309. The average molecular weight is 256 g/mol. The van der Waals surface area contributed by atoms with Gasteiger partial charge in [-0.25, -0.2) is 9.59 Å². The molecule has 0 saturated heterocycles. The minimum absolute atomic E-state index is 0.254. The third kappa shape index (κ3) is 3.37. The van der Waals surface area contributed by atoms with E-state index in [0.717, 1.165) is 6.54 Å². The highest BCUT2D eigenvalue weighted by atomic mass is 16.4. The van der Waals surface area contributed by atoms with Gasteiger partial charge in [0.25, 0.3) is 0 Å². The van der Waals surface area contributed by atoms with Crippen molar-refractivity contribution in [2.45, 2.75) is 52.0 Å². The number of carboxylic acid groups (broad SMARTS) is 1. The van der Waals surface area contributed by atoms with Crippen LogP contribution in [0.15, 0.2) is 0 Å². The van der Waals surface area contributed by atoms with Gasteiger partial charge in [-0.05, 0) is 38.5 Å². The van der Waals surface area contributed by atoms with Gasteiger partial charge in [-0.1, -0.05) is 13.8 Å². The number of aliphatic carboxylic acids is 1. The summed E-state index contributed by atoms with van der Waals surface area (Å²) in [5.41, 5.74) is -1.13. The van der Waals surface area contributed by atoms with Crippen LogP contribution in [0, 0.1) is 5.92 Å². The summed E-state index contributed by atoms with van der Waals surface area (Å²) in [7, 11) is 0. The minimum Gasteiger partial charge on any atom is -0.480 e. The van der Waals surface area contributed by atoms with Crippen LogP contribution in [-0.2, 0) is 4.79 Å². The van der Waals surface area contributed by atoms with Crippen molar-refractivity contribution < 1.29 is 14.7 Å². The van der Waals surface area contributed by atoms with Crippen molar-refractivity contribution in [3.8, 4) is 0 Å². The highest BCUT2D eigenvalue weighted by Crippen LogP contribution is 2.29. The topological polar surface area (TPSA) is 69.6 Å². The third-order valence-electron chi connectivity index (χ3n) is 3.81. The molecule has 0 aliphatic heterocycles. The lowest BCUT2D eigenvalue weighted by Crippen LogP contribution is -2.57.